The molecular weight excluding hydrogens is 259 g/mol. The minimum Gasteiger partial charge on any atom is -0.427 e. The first-order valence-electron chi connectivity index (χ1n) is 2.60. The fraction of sp³-hybridized carbons (Fsp3) is 0.400. The molecule has 62 valence electrons. The summed E-state index contributed by atoms with van der Waals surface area (Å²) in [6.07, 6.45) is -1.32. The number of rotatable bonds is 1. The Morgan fingerprint density at radius 2 is 2.27 bits per heavy atom. The van der Waals surface area contributed by atoms with Crippen LogP contribution in [0.25, 0.3) is 0 Å². The highest BCUT2D eigenvalue weighted by atomic mass is 79.9. The predicted molar refractivity (Wildman–Crippen MR) is 43.5 cm³/mol. The van der Waals surface area contributed by atoms with E-state index in [1.54, 1.807) is 0 Å². The number of carbonyl (C=O) groups is 1. The maximum atomic E-state index is 10.6. The van der Waals surface area contributed by atoms with Crippen molar-refractivity contribution in [3.8, 4) is 0 Å². The van der Waals surface area contributed by atoms with E-state index in [2.05, 4.69) is 20.7 Å². The van der Waals surface area contributed by atoms with Crippen LogP contribution in [0.3, 0.4) is 0 Å². The maximum Gasteiger partial charge on any atom is 0.352 e. The van der Waals surface area contributed by atoms with E-state index in [1.165, 1.54) is 0 Å². The highest BCUT2D eigenvalue weighted by molar-refractivity contribution is 9.10. The first kappa shape index (κ1) is 9.32. The number of alkyl halides is 2. The third kappa shape index (κ3) is 1.69. The van der Waals surface area contributed by atoms with Crippen molar-refractivity contribution in [1.82, 2.24) is 0 Å². The summed E-state index contributed by atoms with van der Waals surface area (Å²) in [6.45, 7) is 0. The molecule has 0 radical (unpaired) electrons. The number of aliphatic hydroxyl groups excluding tert-OH is 1. The van der Waals surface area contributed by atoms with E-state index in [1.807, 2.05) is 0 Å². The van der Waals surface area contributed by atoms with Crippen LogP contribution in [0.5, 0.6) is 0 Å². The van der Waals surface area contributed by atoms with Gasteiger partial charge in [0.05, 0.1) is 5.57 Å². The quantitative estimate of drug-likeness (QED) is 0.572. The maximum absolute atomic E-state index is 10.6. The lowest BCUT2D eigenvalue weighted by molar-refractivity contribution is -0.151. The van der Waals surface area contributed by atoms with Crippen LogP contribution >= 0.6 is 39.1 Å². The number of halogens is 3. The number of aliphatic hydroxyl groups is 1. The van der Waals surface area contributed by atoms with Crippen molar-refractivity contribution in [2.75, 3.05) is 0 Å². The van der Waals surface area contributed by atoms with E-state index in [4.69, 9.17) is 28.3 Å². The van der Waals surface area contributed by atoms with Crippen LogP contribution in [0.15, 0.2) is 10.6 Å². The van der Waals surface area contributed by atoms with Gasteiger partial charge in [-0.15, -0.1) is 11.6 Å². The van der Waals surface area contributed by atoms with E-state index in [0.29, 0.717) is 0 Å². The standard InChI is InChI=1S/C5H3BrCl2O3/c6-3(8)1-2(7)5(10)11-4(1)9/h3-4,9H/t3-,4-/m1/s1. The Morgan fingerprint density at radius 3 is 2.45 bits per heavy atom. The van der Waals surface area contributed by atoms with Crippen LogP contribution in [0.4, 0.5) is 0 Å². The Bertz CT molecular complexity index is 226. The normalized spacial score (nSPS) is 27.3. The summed E-state index contributed by atoms with van der Waals surface area (Å²) in [7, 11) is 0. The minimum absolute atomic E-state index is 0.151. The van der Waals surface area contributed by atoms with Gasteiger partial charge in [-0.2, -0.15) is 0 Å². The summed E-state index contributed by atoms with van der Waals surface area (Å²) in [5.74, 6) is -0.751. The van der Waals surface area contributed by atoms with Crippen LogP contribution in [-0.4, -0.2) is 21.7 Å². The van der Waals surface area contributed by atoms with E-state index >= 15 is 0 Å². The molecule has 6 heteroatoms. The van der Waals surface area contributed by atoms with Gasteiger partial charge in [0.1, 0.15) is 9.32 Å². The third-order valence-electron chi connectivity index (χ3n) is 1.15. The minimum atomic E-state index is -1.32. The molecule has 0 aromatic heterocycles. The van der Waals surface area contributed by atoms with Crippen LogP contribution in [0.1, 0.15) is 0 Å². The molecular formula is C5H3BrCl2O3. The molecule has 0 aliphatic carbocycles. The van der Waals surface area contributed by atoms with Gasteiger partial charge >= 0.3 is 5.97 Å². The van der Waals surface area contributed by atoms with Gasteiger partial charge < -0.3 is 9.84 Å². The summed E-state index contributed by atoms with van der Waals surface area (Å²) in [6, 6.07) is 0. The van der Waals surface area contributed by atoms with Crippen molar-refractivity contribution in [3.05, 3.63) is 10.6 Å². The van der Waals surface area contributed by atoms with Gasteiger partial charge in [-0.3, -0.25) is 0 Å². The van der Waals surface area contributed by atoms with E-state index in [0.717, 1.165) is 0 Å². The molecule has 0 fully saturated rings. The number of cyclic esters (lactones) is 1. The lowest BCUT2D eigenvalue weighted by Crippen LogP contribution is -2.13. The highest BCUT2D eigenvalue weighted by Crippen LogP contribution is 2.31. The van der Waals surface area contributed by atoms with Gasteiger partial charge in [-0.05, 0) is 0 Å². The summed E-state index contributed by atoms with van der Waals surface area (Å²) < 4.78 is 3.66. The molecule has 0 aromatic rings. The zero-order valence-corrected chi connectivity index (χ0v) is 8.15. The molecule has 0 amide bonds. The number of hydrogen-bond donors (Lipinski definition) is 1. The van der Waals surface area contributed by atoms with Crippen molar-refractivity contribution >= 4 is 45.1 Å². The van der Waals surface area contributed by atoms with Gasteiger partial charge in [0, 0.05) is 0 Å². The molecule has 0 spiro atoms. The zero-order valence-electron chi connectivity index (χ0n) is 5.05. The van der Waals surface area contributed by atoms with Gasteiger partial charge in [0.2, 0.25) is 6.29 Å². The first-order chi connectivity index (χ1) is 5.04. The largest absolute Gasteiger partial charge is 0.427 e. The number of carbonyl (C=O) groups excluding carboxylic acids is 1. The zero-order chi connectivity index (χ0) is 8.59. The van der Waals surface area contributed by atoms with E-state index < -0.39 is 16.5 Å². The molecule has 1 aliphatic heterocycles. The van der Waals surface area contributed by atoms with Gasteiger partial charge in [0.25, 0.3) is 0 Å². The van der Waals surface area contributed by atoms with E-state index in [9.17, 15) is 4.79 Å². The number of ether oxygens (including phenoxy) is 1. The van der Waals surface area contributed by atoms with Gasteiger partial charge in [-0.1, -0.05) is 27.5 Å². The number of hydrogen-bond acceptors (Lipinski definition) is 3. The fourth-order valence-electron chi connectivity index (χ4n) is 0.646. The molecule has 1 rings (SSSR count). The summed E-state index contributed by atoms with van der Waals surface area (Å²) in [5.41, 5.74) is 0.151. The smallest absolute Gasteiger partial charge is 0.352 e. The topological polar surface area (TPSA) is 46.5 Å². The van der Waals surface area contributed by atoms with Crippen LogP contribution in [-0.2, 0) is 9.53 Å². The second kappa shape index (κ2) is 3.31. The van der Waals surface area contributed by atoms with Crippen molar-refractivity contribution < 1.29 is 14.6 Å². The summed E-state index contributed by atoms with van der Waals surface area (Å²) in [4.78, 5) is 10.6. The first-order valence-corrected chi connectivity index (χ1v) is 4.33. The predicted octanol–water partition coefficient (Wildman–Crippen LogP) is 1.31. The Kier molecular flexibility index (Phi) is 2.80. The molecule has 1 heterocycles. The Balaban J connectivity index is 2.97. The average molecular weight is 262 g/mol. The molecule has 11 heavy (non-hydrogen) atoms. The van der Waals surface area contributed by atoms with Gasteiger partial charge in [-0.25, -0.2) is 4.79 Å². The Labute approximate surface area is 81.0 Å². The van der Waals surface area contributed by atoms with E-state index in [-0.39, 0.29) is 10.6 Å². The second-order valence-electron chi connectivity index (χ2n) is 1.83. The summed E-state index contributed by atoms with van der Waals surface area (Å²) >= 11 is 13.9. The molecule has 1 N–H and O–H groups in total. The molecule has 2 atom stereocenters. The molecule has 1 aliphatic rings. The van der Waals surface area contributed by atoms with Crippen molar-refractivity contribution in [2.45, 2.75) is 10.6 Å². The number of esters is 1. The van der Waals surface area contributed by atoms with Crippen molar-refractivity contribution in [2.24, 2.45) is 0 Å². The van der Waals surface area contributed by atoms with Crippen molar-refractivity contribution in [1.29, 1.82) is 0 Å². The Morgan fingerprint density at radius 1 is 1.73 bits per heavy atom. The lowest BCUT2D eigenvalue weighted by Gasteiger charge is -2.06. The molecule has 0 bridgehead atoms. The fourth-order valence-corrected chi connectivity index (χ4v) is 1.75. The highest BCUT2D eigenvalue weighted by Gasteiger charge is 2.34. The van der Waals surface area contributed by atoms with Crippen molar-refractivity contribution in [3.63, 3.8) is 0 Å². The van der Waals surface area contributed by atoms with Crippen LogP contribution < -0.4 is 0 Å². The molecule has 0 aromatic carbocycles. The van der Waals surface area contributed by atoms with Crippen LogP contribution in [0.2, 0.25) is 0 Å². The molecule has 3 nitrogen and oxygen atoms in total. The average Bonchev–Trinajstić information content (AvgIpc) is 2.07. The molecule has 0 saturated heterocycles. The second-order valence-corrected chi connectivity index (χ2v) is 4.08. The third-order valence-corrected chi connectivity index (χ3v) is 2.25. The molecule has 0 saturated carbocycles. The monoisotopic (exact) mass is 260 g/mol. The van der Waals surface area contributed by atoms with Gasteiger partial charge in [0.15, 0.2) is 0 Å². The van der Waals surface area contributed by atoms with Crippen LogP contribution in [0, 0.1) is 0 Å². The Hall–Kier alpha value is 0.230. The molecule has 0 unspecified atom stereocenters. The lowest BCUT2D eigenvalue weighted by atomic mass is 10.3. The summed E-state index contributed by atoms with van der Waals surface area (Å²) in [5, 5.41) is 8.84. The SMILES string of the molecule is O=C1O[C@@H](O)C([C@@H](Cl)Br)=C1Cl.